The van der Waals surface area contributed by atoms with Gasteiger partial charge in [-0.3, -0.25) is 0 Å². The van der Waals surface area contributed by atoms with Gasteiger partial charge in [0.25, 0.3) is 0 Å². The first kappa shape index (κ1) is 11.0. The summed E-state index contributed by atoms with van der Waals surface area (Å²) >= 11 is 3.34. The minimum absolute atomic E-state index is 0.222. The van der Waals surface area contributed by atoms with E-state index in [4.69, 9.17) is 5.73 Å². The Hall–Kier alpha value is -0.540. The predicted octanol–water partition coefficient (Wildman–Crippen LogP) is 2.85. The van der Waals surface area contributed by atoms with Crippen LogP contribution < -0.4 is 5.73 Å². The molecular formula is C12H16BrNO. The second kappa shape index (κ2) is 3.49. The summed E-state index contributed by atoms with van der Waals surface area (Å²) in [6, 6.07) is 5.70. The maximum atomic E-state index is 9.88. The highest BCUT2D eigenvalue weighted by atomic mass is 79.9. The molecule has 0 aromatic heterocycles. The zero-order valence-corrected chi connectivity index (χ0v) is 10.6. The normalized spacial score (nSPS) is 27.7. The summed E-state index contributed by atoms with van der Waals surface area (Å²) in [5.74, 6) is 1.26. The van der Waals surface area contributed by atoms with Crippen LogP contribution >= 0.6 is 15.9 Å². The fraction of sp³-hybridized carbons (Fsp3) is 0.500. The number of phenolic OH excluding ortho intramolecular Hbond substituents is 1. The number of hydrogen-bond donors (Lipinski definition) is 2. The first-order chi connectivity index (χ1) is 6.98. The molecule has 0 unspecified atom stereocenters. The van der Waals surface area contributed by atoms with Gasteiger partial charge in [-0.25, -0.2) is 0 Å². The average molecular weight is 270 g/mol. The molecule has 0 amide bonds. The van der Waals surface area contributed by atoms with Crippen LogP contribution in [0.15, 0.2) is 22.7 Å². The van der Waals surface area contributed by atoms with Crippen LogP contribution in [-0.2, 0) is 0 Å². The van der Waals surface area contributed by atoms with E-state index in [1.807, 2.05) is 12.1 Å². The van der Waals surface area contributed by atoms with Crippen LogP contribution in [0.5, 0.6) is 5.75 Å². The van der Waals surface area contributed by atoms with Gasteiger partial charge in [-0.1, -0.05) is 35.8 Å². The standard InChI is InChI=1S/C12H16BrNO/c1-12(2)9(6-14)11(12)8-4-3-7(13)5-10(8)15/h3-5,9,11,15H,6,14H2,1-2H3/t9-,11-/m0/s1. The number of benzene rings is 1. The molecule has 3 N–H and O–H groups in total. The molecule has 1 aliphatic carbocycles. The summed E-state index contributed by atoms with van der Waals surface area (Å²) in [4.78, 5) is 0. The van der Waals surface area contributed by atoms with Crippen molar-refractivity contribution in [3.63, 3.8) is 0 Å². The van der Waals surface area contributed by atoms with Gasteiger partial charge < -0.3 is 10.8 Å². The molecule has 15 heavy (non-hydrogen) atoms. The van der Waals surface area contributed by atoms with E-state index in [0.29, 0.717) is 24.1 Å². The molecule has 3 heteroatoms. The highest BCUT2D eigenvalue weighted by molar-refractivity contribution is 9.10. The van der Waals surface area contributed by atoms with Crippen molar-refractivity contribution in [2.24, 2.45) is 17.1 Å². The van der Waals surface area contributed by atoms with Crippen molar-refractivity contribution in [2.45, 2.75) is 19.8 Å². The van der Waals surface area contributed by atoms with Gasteiger partial charge >= 0.3 is 0 Å². The van der Waals surface area contributed by atoms with Gasteiger partial charge in [-0.2, -0.15) is 0 Å². The van der Waals surface area contributed by atoms with Crippen molar-refractivity contribution in [3.8, 4) is 5.75 Å². The molecule has 1 fully saturated rings. The third-order valence-corrected chi connectivity index (χ3v) is 4.13. The van der Waals surface area contributed by atoms with Gasteiger partial charge in [0, 0.05) is 4.47 Å². The lowest BCUT2D eigenvalue weighted by Gasteiger charge is -2.06. The predicted molar refractivity (Wildman–Crippen MR) is 64.9 cm³/mol. The second-order valence-electron chi connectivity index (χ2n) is 4.84. The van der Waals surface area contributed by atoms with E-state index in [1.54, 1.807) is 6.07 Å². The summed E-state index contributed by atoms with van der Waals surface area (Å²) in [5, 5.41) is 9.88. The fourth-order valence-electron chi connectivity index (χ4n) is 2.58. The summed E-state index contributed by atoms with van der Waals surface area (Å²) in [5.41, 5.74) is 6.98. The van der Waals surface area contributed by atoms with Crippen LogP contribution in [0, 0.1) is 11.3 Å². The van der Waals surface area contributed by atoms with Crippen molar-refractivity contribution in [2.75, 3.05) is 6.54 Å². The molecule has 1 saturated carbocycles. The topological polar surface area (TPSA) is 46.2 Å². The molecule has 1 aliphatic rings. The van der Waals surface area contributed by atoms with Crippen molar-refractivity contribution in [3.05, 3.63) is 28.2 Å². The molecule has 82 valence electrons. The molecule has 0 aliphatic heterocycles. The fourth-order valence-corrected chi connectivity index (χ4v) is 2.93. The maximum absolute atomic E-state index is 9.88. The van der Waals surface area contributed by atoms with E-state index in [2.05, 4.69) is 29.8 Å². The largest absolute Gasteiger partial charge is 0.508 e. The van der Waals surface area contributed by atoms with E-state index in [9.17, 15) is 5.11 Å². The van der Waals surface area contributed by atoms with Crippen LogP contribution in [0.2, 0.25) is 0 Å². The minimum Gasteiger partial charge on any atom is -0.508 e. The van der Waals surface area contributed by atoms with Gasteiger partial charge in [-0.15, -0.1) is 0 Å². The summed E-state index contributed by atoms with van der Waals surface area (Å²) < 4.78 is 0.909. The Labute approximate surface area is 98.6 Å². The first-order valence-electron chi connectivity index (χ1n) is 5.17. The van der Waals surface area contributed by atoms with Gasteiger partial charge in [0.2, 0.25) is 0 Å². The molecule has 1 aromatic carbocycles. The van der Waals surface area contributed by atoms with Crippen molar-refractivity contribution in [1.29, 1.82) is 0 Å². The number of rotatable bonds is 2. The van der Waals surface area contributed by atoms with Crippen molar-refractivity contribution < 1.29 is 5.11 Å². The third kappa shape index (κ3) is 1.68. The van der Waals surface area contributed by atoms with Crippen molar-refractivity contribution >= 4 is 15.9 Å². The Kier molecular flexibility index (Phi) is 2.55. The second-order valence-corrected chi connectivity index (χ2v) is 5.76. The number of phenols is 1. The van der Waals surface area contributed by atoms with Crippen LogP contribution in [-0.4, -0.2) is 11.7 Å². The quantitative estimate of drug-likeness (QED) is 0.868. The highest BCUT2D eigenvalue weighted by Gasteiger charge is 2.57. The summed E-state index contributed by atoms with van der Waals surface area (Å²) in [6.45, 7) is 5.10. The third-order valence-electron chi connectivity index (χ3n) is 3.63. The zero-order valence-electron chi connectivity index (χ0n) is 9.00. The average Bonchev–Trinajstić information content (AvgIpc) is 2.68. The molecule has 0 radical (unpaired) electrons. The minimum atomic E-state index is 0.222. The summed E-state index contributed by atoms with van der Waals surface area (Å²) in [7, 11) is 0. The SMILES string of the molecule is CC1(C)[C@@H](CN)[C@@H]1c1ccc(Br)cc1O. The molecule has 2 atom stereocenters. The lowest BCUT2D eigenvalue weighted by molar-refractivity contribution is 0.464. The Morgan fingerprint density at radius 1 is 1.47 bits per heavy atom. The van der Waals surface area contributed by atoms with Crippen LogP contribution in [0.25, 0.3) is 0 Å². The van der Waals surface area contributed by atoms with E-state index in [1.165, 1.54) is 0 Å². The van der Waals surface area contributed by atoms with Crippen LogP contribution in [0.3, 0.4) is 0 Å². The highest BCUT2D eigenvalue weighted by Crippen LogP contribution is 2.65. The van der Waals surface area contributed by atoms with Gasteiger partial charge in [0.15, 0.2) is 0 Å². The molecule has 0 bridgehead atoms. The molecule has 2 rings (SSSR count). The Morgan fingerprint density at radius 2 is 2.13 bits per heavy atom. The van der Waals surface area contributed by atoms with E-state index >= 15 is 0 Å². The van der Waals surface area contributed by atoms with Crippen molar-refractivity contribution in [1.82, 2.24) is 0 Å². The first-order valence-corrected chi connectivity index (χ1v) is 5.96. The smallest absolute Gasteiger partial charge is 0.120 e. The molecule has 1 aromatic rings. The number of aromatic hydroxyl groups is 1. The number of nitrogens with two attached hydrogens (primary N) is 1. The Morgan fingerprint density at radius 3 is 2.60 bits per heavy atom. The van der Waals surface area contributed by atoms with E-state index in [0.717, 1.165) is 10.0 Å². The molecule has 0 heterocycles. The van der Waals surface area contributed by atoms with Gasteiger partial charge in [0.05, 0.1) is 0 Å². The van der Waals surface area contributed by atoms with E-state index < -0.39 is 0 Å². The maximum Gasteiger partial charge on any atom is 0.120 e. The Balaban J connectivity index is 2.33. The lowest BCUT2D eigenvalue weighted by Crippen LogP contribution is -2.05. The van der Waals surface area contributed by atoms with E-state index in [-0.39, 0.29) is 5.41 Å². The molecular weight excluding hydrogens is 254 g/mol. The Bertz CT molecular complexity index is 389. The van der Waals surface area contributed by atoms with Crippen LogP contribution in [0.1, 0.15) is 25.3 Å². The van der Waals surface area contributed by atoms with Gasteiger partial charge in [-0.05, 0) is 41.5 Å². The molecule has 2 nitrogen and oxygen atoms in total. The van der Waals surface area contributed by atoms with Crippen LogP contribution in [0.4, 0.5) is 0 Å². The monoisotopic (exact) mass is 269 g/mol. The molecule has 0 spiro atoms. The van der Waals surface area contributed by atoms with Gasteiger partial charge in [0.1, 0.15) is 5.75 Å². The number of halogens is 1. The molecule has 0 saturated heterocycles. The summed E-state index contributed by atoms with van der Waals surface area (Å²) in [6.07, 6.45) is 0. The lowest BCUT2D eigenvalue weighted by atomic mass is 10.0. The zero-order chi connectivity index (χ0) is 11.2. The number of hydrogen-bond acceptors (Lipinski definition) is 2.